The first kappa shape index (κ1) is 54.4. The van der Waals surface area contributed by atoms with Crippen LogP contribution in [0.4, 0.5) is 4.79 Å². The summed E-state index contributed by atoms with van der Waals surface area (Å²) in [4.78, 5) is 69.3. The number of carbonyl (C=O) groups is 4. The number of nitrogens with zero attached hydrogens (tertiary/aromatic N) is 4. The number of aromatic amines is 1. The molecule has 16 nitrogen and oxygen atoms in total. The molecule has 0 bridgehead atoms. The number of amides is 4. The van der Waals surface area contributed by atoms with Crippen molar-refractivity contribution in [1.82, 2.24) is 30.1 Å². The Morgan fingerprint density at radius 1 is 1.00 bits per heavy atom. The van der Waals surface area contributed by atoms with Gasteiger partial charge in [-0.15, -0.1) is 6.58 Å². The number of hydrazine groups is 1. The zero-order chi connectivity index (χ0) is 42.6. The van der Waals surface area contributed by atoms with E-state index in [1.165, 1.54) is 36.1 Å². The van der Waals surface area contributed by atoms with Crippen molar-refractivity contribution >= 4 is 65.9 Å². The number of urea groups is 1. The van der Waals surface area contributed by atoms with Crippen molar-refractivity contribution in [3.8, 4) is 5.75 Å². The topological polar surface area (TPSA) is 240 Å². The van der Waals surface area contributed by atoms with Gasteiger partial charge in [-0.05, 0) is 71.1 Å². The van der Waals surface area contributed by atoms with Crippen LogP contribution in [0, 0.1) is 0 Å². The fourth-order valence-electron chi connectivity index (χ4n) is 6.94. The summed E-state index contributed by atoms with van der Waals surface area (Å²) in [5, 5.41) is 17.4. The number of phenolic OH excluding ortho intramolecular Hbond substituents is 1. The number of H-pyrrole nitrogens is 1. The maximum absolute atomic E-state index is 14.3. The second-order valence-corrected chi connectivity index (χ2v) is 14.9. The molecule has 0 saturated carbocycles. The van der Waals surface area contributed by atoms with Crippen LogP contribution in [-0.2, 0) is 44.7 Å². The fraction of sp³-hybridized carbons (Fsp3) is 0.220. The first-order valence-electron chi connectivity index (χ1n) is 18.1. The van der Waals surface area contributed by atoms with Gasteiger partial charge in [0, 0.05) is 53.1 Å². The van der Waals surface area contributed by atoms with Crippen molar-refractivity contribution in [2.24, 2.45) is 0 Å². The minimum atomic E-state index is -2.15. The molecule has 4 amide bonds. The molecule has 0 aliphatic carbocycles. The molecule has 7 rings (SSSR count). The molecule has 3 atom stereocenters. The molecule has 0 radical (unpaired) electrons. The molecular formula is C41H41ClN6Na2O10PS-. The number of phenols is 1. The Morgan fingerprint density at radius 3 is 2.24 bits per heavy atom. The van der Waals surface area contributed by atoms with Crippen molar-refractivity contribution in [3.05, 3.63) is 143 Å². The Labute approximate surface area is 411 Å². The summed E-state index contributed by atoms with van der Waals surface area (Å²) in [7, 11) is -1.08. The van der Waals surface area contributed by atoms with Gasteiger partial charge >= 0.3 is 65.1 Å². The van der Waals surface area contributed by atoms with Crippen LogP contribution in [0.2, 0.25) is 5.02 Å². The van der Waals surface area contributed by atoms with Crippen LogP contribution < -0.4 is 69.3 Å². The SMILES string of the molecule is C=CCN1CC(=O)N2[C@@H](Cc3ccc(O)cc3)C(=O)N(Cc3cccc4c(C(C)=O)c[nH]c34)C[C@@H]2N1C(=O)NCc1ccccc1.O=P[O-].O=S([O-])c1ccc(Cl)cc1.[Na+].[Na+].[OH-]. The minimum absolute atomic E-state index is 0. The molecule has 2 saturated heterocycles. The van der Waals surface area contributed by atoms with Gasteiger partial charge in [-0.2, -0.15) is 0 Å². The van der Waals surface area contributed by atoms with Gasteiger partial charge in [0.25, 0.3) is 0 Å². The number of aromatic nitrogens is 1. The third-order valence-electron chi connectivity index (χ3n) is 9.58. The van der Waals surface area contributed by atoms with Crippen molar-refractivity contribution in [2.75, 3.05) is 19.6 Å². The number of Topliss-reactive ketones (excluding diaryl/α,β-unsaturated/α-hetero) is 1. The van der Waals surface area contributed by atoms with Gasteiger partial charge in [-0.3, -0.25) is 23.2 Å². The third-order valence-corrected chi connectivity index (χ3v) is 10.5. The molecule has 1 aromatic heterocycles. The summed E-state index contributed by atoms with van der Waals surface area (Å²) in [6.07, 6.45) is 2.71. The van der Waals surface area contributed by atoms with E-state index in [0.717, 1.165) is 27.6 Å². The number of rotatable bonds is 10. The average molecular weight is 922 g/mol. The molecule has 4 aromatic carbocycles. The normalized spacial score (nSPS) is 16.2. The zero-order valence-electron chi connectivity index (χ0n) is 34.2. The van der Waals surface area contributed by atoms with E-state index in [1.807, 2.05) is 48.5 Å². The van der Waals surface area contributed by atoms with E-state index in [-0.39, 0.29) is 132 Å². The van der Waals surface area contributed by atoms with Gasteiger partial charge in [-0.1, -0.05) is 78.3 Å². The Bertz CT molecular complexity index is 2330. The molecule has 1 unspecified atom stereocenters. The van der Waals surface area contributed by atoms with Gasteiger partial charge in [0.05, 0.1) is 27.3 Å². The number of benzene rings is 4. The van der Waals surface area contributed by atoms with E-state index in [0.29, 0.717) is 10.6 Å². The Hall–Kier alpha value is -3.78. The summed E-state index contributed by atoms with van der Waals surface area (Å²) >= 11 is 3.37. The number of ketones is 1. The van der Waals surface area contributed by atoms with Crippen molar-refractivity contribution in [3.63, 3.8) is 0 Å². The smallest absolute Gasteiger partial charge is 0.870 e. The van der Waals surface area contributed by atoms with Gasteiger partial charge in [0.1, 0.15) is 18.0 Å². The quantitative estimate of drug-likeness (QED) is 0.0493. The number of halogens is 1. The molecule has 3 heterocycles. The molecule has 62 heavy (non-hydrogen) atoms. The predicted octanol–water partition coefficient (Wildman–Crippen LogP) is -1.22. The molecule has 0 spiro atoms. The van der Waals surface area contributed by atoms with Crippen LogP contribution in [0.5, 0.6) is 5.75 Å². The summed E-state index contributed by atoms with van der Waals surface area (Å²) in [6.45, 7) is 6.05. The van der Waals surface area contributed by atoms with Gasteiger partial charge < -0.3 is 40.1 Å². The number of hydrogen-bond acceptors (Lipinski definition) is 11. The number of para-hydroxylation sites is 1. The van der Waals surface area contributed by atoms with Gasteiger partial charge in [0.2, 0.25) is 11.8 Å². The van der Waals surface area contributed by atoms with E-state index in [1.54, 1.807) is 51.5 Å². The molecule has 2 aliphatic heterocycles. The molecule has 21 heteroatoms. The third kappa shape index (κ3) is 13.9. The van der Waals surface area contributed by atoms with Crippen LogP contribution in [0.3, 0.4) is 0 Å². The van der Waals surface area contributed by atoms with Crippen LogP contribution in [0.1, 0.15) is 34.0 Å². The summed E-state index contributed by atoms with van der Waals surface area (Å²) in [6, 6.07) is 26.4. The molecule has 2 aliphatic rings. The number of fused-ring (bicyclic) bond motifs is 2. The van der Waals surface area contributed by atoms with Gasteiger partial charge in [0.15, 0.2) is 5.78 Å². The van der Waals surface area contributed by atoms with E-state index >= 15 is 0 Å². The van der Waals surface area contributed by atoms with Crippen LogP contribution in [-0.4, -0.2) is 99.6 Å². The van der Waals surface area contributed by atoms with Crippen LogP contribution in [0.15, 0.2) is 121 Å². The number of hydrogen-bond donors (Lipinski definition) is 3. The van der Waals surface area contributed by atoms with Crippen molar-refractivity contribution in [2.45, 2.75) is 43.5 Å². The van der Waals surface area contributed by atoms with E-state index in [4.69, 9.17) is 21.1 Å². The van der Waals surface area contributed by atoms with Crippen LogP contribution >= 0.6 is 20.3 Å². The Morgan fingerprint density at radius 2 is 1.65 bits per heavy atom. The summed E-state index contributed by atoms with van der Waals surface area (Å²) < 4.78 is 28.9. The maximum Gasteiger partial charge on any atom is 1.00 e. The largest absolute Gasteiger partial charge is 1.00 e. The Balaban J connectivity index is 0.000000717. The summed E-state index contributed by atoms with van der Waals surface area (Å²) in [5.41, 5.74) is 3.81. The molecular weight excluding hydrogens is 881 g/mol. The molecule has 2 fully saturated rings. The van der Waals surface area contributed by atoms with E-state index in [9.17, 15) is 33.0 Å². The second-order valence-electron chi connectivity index (χ2n) is 13.4. The first-order valence-corrected chi connectivity index (χ1v) is 20.3. The number of nitrogens with one attached hydrogen (secondary N) is 2. The number of carbonyl (C=O) groups excluding carboxylic acids is 4. The van der Waals surface area contributed by atoms with Crippen LogP contribution in [0.25, 0.3) is 10.9 Å². The van der Waals surface area contributed by atoms with Crippen molar-refractivity contribution < 1.29 is 107 Å². The van der Waals surface area contributed by atoms with Crippen molar-refractivity contribution in [1.29, 1.82) is 0 Å². The maximum atomic E-state index is 14.3. The Kier molecular flexibility index (Phi) is 22.9. The zero-order valence-corrected chi connectivity index (χ0v) is 40.6. The second kappa shape index (κ2) is 26.1. The average Bonchev–Trinajstić information content (AvgIpc) is 3.66. The number of piperazine rings is 1. The predicted molar refractivity (Wildman–Crippen MR) is 220 cm³/mol. The molecule has 4 N–H and O–H groups in total. The van der Waals surface area contributed by atoms with E-state index < -0.39 is 38.0 Å². The first-order chi connectivity index (χ1) is 28.4. The summed E-state index contributed by atoms with van der Waals surface area (Å²) in [5.74, 6) is -0.497. The van der Waals surface area contributed by atoms with E-state index in [2.05, 4.69) is 16.9 Å². The monoisotopic (exact) mass is 921 g/mol. The fourth-order valence-corrected chi connectivity index (χ4v) is 7.43. The van der Waals surface area contributed by atoms with Gasteiger partial charge in [-0.25, -0.2) is 14.8 Å². The molecule has 5 aromatic rings. The standard InChI is InChI=1S/C35H36N6O5.C6H5ClO2S.2Na.HO2P.H2O/c1-3-16-39-22-32(44)40-30(17-24-12-14-27(43)15-13-24)34(45)38(20-26-10-7-11-28-29(23(2)42)19-36-33(26)28)21-31(40)41(39)35(46)37-18-25-8-5-4-6-9-25;7-5-1-3-6(4-2-5)10(8)9;;;1-3-2;/h3-15,19,30-31,36,43H,1,16-18,20-22H2,2H3,(H,37,46);1-4H,(H,8,9);;;(H,1,2);1H2/q;;2*+1;;/p-3/t30-,31-;;;;;/m0...../s1. The molecule has 316 valence electrons. The minimum Gasteiger partial charge on any atom is -0.870 e. The number of aromatic hydroxyl groups is 1.